The number of nitrogens with zero attached hydrogens (tertiary/aromatic N) is 6. The first-order valence-electron chi connectivity index (χ1n) is 11.4. The molecule has 0 radical (unpaired) electrons. The summed E-state index contributed by atoms with van der Waals surface area (Å²) in [5, 5.41) is 6.86. The summed E-state index contributed by atoms with van der Waals surface area (Å²) >= 11 is 6.53. The van der Waals surface area contributed by atoms with Gasteiger partial charge in [0, 0.05) is 39.3 Å². The number of carbonyl (C=O) groups excluding carboxylic acids is 1. The molecule has 2 saturated heterocycles. The molecule has 5 rings (SSSR count). The zero-order valence-corrected chi connectivity index (χ0v) is 19.3. The molecule has 1 unspecified atom stereocenters. The molecule has 2 fully saturated rings. The number of halogens is 1. The summed E-state index contributed by atoms with van der Waals surface area (Å²) in [5.41, 5.74) is 2.18. The van der Waals surface area contributed by atoms with Crippen LogP contribution in [-0.4, -0.2) is 64.5 Å². The van der Waals surface area contributed by atoms with Gasteiger partial charge in [0.1, 0.15) is 6.04 Å². The number of carbonyl (C=O) groups is 1. The van der Waals surface area contributed by atoms with Crippen LogP contribution in [0.5, 0.6) is 0 Å². The second kappa shape index (κ2) is 9.44. The smallest absolute Gasteiger partial charge is 0.230 e. The molecular weight excluding hydrogens is 440 g/mol. The number of nitrogens with one attached hydrogen (secondary N) is 2. The van der Waals surface area contributed by atoms with Crippen molar-refractivity contribution in [3.05, 3.63) is 41.0 Å². The molecule has 10 heteroatoms. The summed E-state index contributed by atoms with van der Waals surface area (Å²) in [4.78, 5) is 35.5. The molecule has 2 aliphatic heterocycles. The molecule has 9 nitrogen and oxygen atoms in total. The lowest BCUT2D eigenvalue weighted by atomic mass is 10.1. The van der Waals surface area contributed by atoms with Gasteiger partial charge in [-0.15, -0.1) is 0 Å². The zero-order valence-electron chi connectivity index (χ0n) is 18.6. The van der Waals surface area contributed by atoms with Gasteiger partial charge < -0.3 is 20.4 Å². The monoisotopic (exact) mass is 466 g/mol. The van der Waals surface area contributed by atoms with Crippen molar-refractivity contribution >= 4 is 46.1 Å². The van der Waals surface area contributed by atoms with Crippen molar-refractivity contribution in [3.63, 3.8) is 0 Å². The standard InChI is InChI=1S/C23H27ClN8O/c1-15(33)17-14-25-9-12-32(17)23-29-20-18(22(30-23)31-10-5-6-11-31)27-19(24)21(28-20)26-13-16-7-3-2-4-8-16/h2-4,7-8,17,25H,5-6,9-14H2,1H3,(H,26,28,29,30). The van der Waals surface area contributed by atoms with E-state index >= 15 is 0 Å². The molecule has 2 aliphatic rings. The maximum absolute atomic E-state index is 12.3. The highest BCUT2D eigenvalue weighted by Gasteiger charge is 2.30. The van der Waals surface area contributed by atoms with E-state index in [1.807, 2.05) is 35.2 Å². The van der Waals surface area contributed by atoms with Crippen LogP contribution >= 0.6 is 11.6 Å². The topological polar surface area (TPSA) is 99.2 Å². The van der Waals surface area contributed by atoms with Gasteiger partial charge in [-0.1, -0.05) is 41.9 Å². The van der Waals surface area contributed by atoms with Crippen LogP contribution in [0.2, 0.25) is 5.15 Å². The molecule has 172 valence electrons. The van der Waals surface area contributed by atoms with Crippen molar-refractivity contribution in [3.8, 4) is 0 Å². The van der Waals surface area contributed by atoms with E-state index in [1.165, 1.54) is 0 Å². The Bertz CT molecular complexity index is 1150. The second-order valence-corrected chi connectivity index (χ2v) is 8.80. The summed E-state index contributed by atoms with van der Waals surface area (Å²) in [5.74, 6) is 1.81. The minimum Gasteiger partial charge on any atom is -0.363 e. The number of fused-ring (bicyclic) bond motifs is 1. The fourth-order valence-corrected chi connectivity index (χ4v) is 4.57. The Balaban J connectivity index is 1.56. The van der Waals surface area contributed by atoms with Crippen LogP contribution in [0.15, 0.2) is 30.3 Å². The van der Waals surface area contributed by atoms with E-state index in [9.17, 15) is 4.79 Å². The number of ketones is 1. The van der Waals surface area contributed by atoms with Gasteiger partial charge >= 0.3 is 0 Å². The van der Waals surface area contributed by atoms with E-state index in [2.05, 4.69) is 20.5 Å². The summed E-state index contributed by atoms with van der Waals surface area (Å²) < 4.78 is 0. The Hall–Kier alpha value is -3.04. The van der Waals surface area contributed by atoms with E-state index in [0.717, 1.165) is 43.9 Å². The van der Waals surface area contributed by atoms with Crippen LogP contribution in [-0.2, 0) is 11.3 Å². The molecule has 3 aromatic rings. The summed E-state index contributed by atoms with van der Waals surface area (Å²) in [6, 6.07) is 9.73. The Labute approximate surface area is 197 Å². The highest BCUT2D eigenvalue weighted by molar-refractivity contribution is 6.32. The van der Waals surface area contributed by atoms with Gasteiger partial charge in [-0.05, 0) is 25.3 Å². The average Bonchev–Trinajstić information content (AvgIpc) is 3.38. The molecule has 0 amide bonds. The SMILES string of the molecule is CC(=O)C1CNCCN1c1nc(N2CCCC2)c2nc(Cl)c(NCc3ccccc3)nc2n1. The molecular formula is C23H27ClN8O. The first-order valence-corrected chi connectivity index (χ1v) is 11.7. The van der Waals surface area contributed by atoms with Crippen molar-refractivity contribution < 1.29 is 4.79 Å². The first kappa shape index (κ1) is 21.8. The van der Waals surface area contributed by atoms with Crippen molar-refractivity contribution in [1.29, 1.82) is 0 Å². The second-order valence-electron chi connectivity index (χ2n) is 8.44. The van der Waals surface area contributed by atoms with Gasteiger partial charge in [-0.25, -0.2) is 9.97 Å². The molecule has 2 N–H and O–H groups in total. The van der Waals surface area contributed by atoms with E-state index in [1.54, 1.807) is 6.92 Å². The molecule has 33 heavy (non-hydrogen) atoms. The maximum atomic E-state index is 12.3. The van der Waals surface area contributed by atoms with Gasteiger partial charge in [-0.2, -0.15) is 9.97 Å². The Morgan fingerprint density at radius 2 is 1.91 bits per heavy atom. The van der Waals surface area contributed by atoms with Gasteiger partial charge in [0.2, 0.25) is 5.95 Å². The third-order valence-electron chi connectivity index (χ3n) is 6.14. The van der Waals surface area contributed by atoms with Crippen molar-refractivity contribution in [2.75, 3.05) is 47.8 Å². The maximum Gasteiger partial charge on any atom is 0.230 e. The Morgan fingerprint density at radius 3 is 2.67 bits per heavy atom. The van der Waals surface area contributed by atoms with Crippen LogP contribution < -0.4 is 20.4 Å². The van der Waals surface area contributed by atoms with Crippen molar-refractivity contribution in [2.45, 2.75) is 32.4 Å². The number of piperazine rings is 1. The first-order chi connectivity index (χ1) is 16.1. The molecule has 0 bridgehead atoms. The Morgan fingerprint density at radius 1 is 1.12 bits per heavy atom. The van der Waals surface area contributed by atoms with Crippen LogP contribution in [0.25, 0.3) is 11.2 Å². The van der Waals surface area contributed by atoms with Crippen LogP contribution in [0.1, 0.15) is 25.3 Å². The van der Waals surface area contributed by atoms with Crippen LogP contribution in [0, 0.1) is 0 Å². The molecule has 0 spiro atoms. The Kier molecular flexibility index (Phi) is 6.24. The predicted molar refractivity (Wildman–Crippen MR) is 130 cm³/mol. The predicted octanol–water partition coefficient (Wildman–Crippen LogP) is 2.65. The number of hydrogen-bond donors (Lipinski definition) is 2. The van der Waals surface area contributed by atoms with Crippen LogP contribution in [0.4, 0.5) is 17.6 Å². The van der Waals surface area contributed by atoms with Gasteiger partial charge in [0.05, 0.1) is 0 Å². The third-order valence-corrected chi connectivity index (χ3v) is 6.40. The van der Waals surface area contributed by atoms with E-state index in [-0.39, 0.29) is 11.8 Å². The van der Waals surface area contributed by atoms with Crippen LogP contribution in [0.3, 0.4) is 0 Å². The fourth-order valence-electron chi connectivity index (χ4n) is 4.38. The number of aromatic nitrogens is 4. The number of anilines is 3. The van der Waals surface area contributed by atoms with Crippen molar-refractivity contribution in [1.82, 2.24) is 25.3 Å². The highest BCUT2D eigenvalue weighted by atomic mass is 35.5. The normalized spacial score (nSPS) is 18.7. The minimum absolute atomic E-state index is 0.0843. The van der Waals surface area contributed by atoms with Gasteiger partial charge in [0.25, 0.3) is 0 Å². The average molecular weight is 467 g/mol. The minimum atomic E-state index is -0.307. The van der Waals surface area contributed by atoms with Crippen molar-refractivity contribution in [2.24, 2.45) is 0 Å². The lowest BCUT2D eigenvalue weighted by Crippen LogP contribution is -2.55. The number of Topliss-reactive ketones (excluding diaryl/α,β-unsaturated/α-hetero) is 1. The number of benzene rings is 1. The molecule has 1 aromatic carbocycles. The quantitative estimate of drug-likeness (QED) is 0.567. The molecule has 0 saturated carbocycles. The largest absolute Gasteiger partial charge is 0.363 e. The third kappa shape index (κ3) is 4.56. The van der Waals surface area contributed by atoms with Gasteiger partial charge in [-0.3, -0.25) is 4.79 Å². The zero-order chi connectivity index (χ0) is 22.8. The number of hydrogen-bond acceptors (Lipinski definition) is 9. The molecule has 1 atom stereocenters. The number of rotatable bonds is 6. The summed E-state index contributed by atoms with van der Waals surface area (Å²) in [7, 11) is 0. The van der Waals surface area contributed by atoms with Gasteiger partial charge in [0.15, 0.2) is 33.7 Å². The lowest BCUT2D eigenvalue weighted by Gasteiger charge is -2.35. The van der Waals surface area contributed by atoms with E-state index in [0.29, 0.717) is 47.7 Å². The van der Waals surface area contributed by atoms with E-state index in [4.69, 9.17) is 26.6 Å². The molecule has 0 aliphatic carbocycles. The fraction of sp³-hybridized carbons (Fsp3) is 0.435. The summed E-state index contributed by atoms with van der Waals surface area (Å²) in [6.07, 6.45) is 2.20. The summed E-state index contributed by atoms with van der Waals surface area (Å²) in [6.45, 7) is 5.97. The molecule has 2 aromatic heterocycles. The lowest BCUT2D eigenvalue weighted by molar-refractivity contribution is -0.118. The highest BCUT2D eigenvalue weighted by Crippen LogP contribution is 2.31. The van der Waals surface area contributed by atoms with E-state index < -0.39 is 0 Å². The molecule has 4 heterocycles.